The molecule has 0 saturated carbocycles. The molecular formula is C24H23F2N3O3. The molecule has 3 heterocycles. The number of ether oxygens (including phenoxy) is 1. The third kappa shape index (κ3) is 4.49. The van der Waals surface area contributed by atoms with E-state index in [-0.39, 0.29) is 22.8 Å². The Hall–Kier alpha value is -3.68. The van der Waals surface area contributed by atoms with Gasteiger partial charge in [-0.05, 0) is 36.2 Å². The molecule has 6 nitrogen and oxygen atoms in total. The molecule has 0 bridgehead atoms. The Bertz CT molecular complexity index is 1310. The van der Waals surface area contributed by atoms with Crippen LogP contribution in [0.1, 0.15) is 30.9 Å². The van der Waals surface area contributed by atoms with Crippen LogP contribution >= 0.6 is 0 Å². The molecule has 0 aliphatic rings. The summed E-state index contributed by atoms with van der Waals surface area (Å²) in [5.74, 6) is -1.43. The van der Waals surface area contributed by atoms with Crippen molar-refractivity contribution >= 4 is 16.7 Å². The number of benzene rings is 1. The summed E-state index contributed by atoms with van der Waals surface area (Å²) in [4.78, 5) is 16.7. The molecule has 3 aromatic heterocycles. The van der Waals surface area contributed by atoms with Crippen molar-refractivity contribution in [1.29, 1.82) is 0 Å². The fourth-order valence-electron chi connectivity index (χ4n) is 3.48. The Labute approximate surface area is 183 Å². The van der Waals surface area contributed by atoms with Gasteiger partial charge in [-0.3, -0.25) is 4.79 Å². The number of anilines is 1. The van der Waals surface area contributed by atoms with Gasteiger partial charge in [0.15, 0.2) is 17.1 Å². The second-order valence-electron chi connectivity index (χ2n) is 7.56. The van der Waals surface area contributed by atoms with Crippen LogP contribution in [0.2, 0.25) is 0 Å². The summed E-state index contributed by atoms with van der Waals surface area (Å²) in [6.07, 6.45) is 7.24. The van der Waals surface area contributed by atoms with E-state index in [0.717, 1.165) is 42.8 Å². The summed E-state index contributed by atoms with van der Waals surface area (Å²) >= 11 is 0. The van der Waals surface area contributed by atoms with Crippen LogP contribution in [0.4, 0.5) is 14.5 Å². The first-order valence-corrected chi connectivity index (χ1v) is 10.4. The van der Waals surface area contributed by atoms with Crippen LogP contribution in [-0.2, 0) is 13.5 Å². The third-order valence-electron chi connectivity index (χ3n) is 5.14. The molecule has 0 aliphatic heterocycles. The number of hydrogen-bond donors (Lipinski definition) is 1. The minimum Gasteiger partial charge on any atom is -0.459 e. The van der Waals surface area contributed by atoms with Crippen molar-refractivity contribution in [3.63, 3.8) is 0 Å². The summed E-state index contributed by atoms with van der Waals surface area (Å²) in [6, 6.07) is 6.74. The summed E-state index contributed by atoms with van der Waals surface area (Å²) in [5.41, 5.74) is 2.34. The smallest absolute Gasteiger partial charge is 0.293 e. The fourth-order valence-corrected chi connectivity index (χ4v) is 3.48. The zero-order chi connectivity index (χ0) is 22.7. The quantitative estimate of drug-likeness (QED) is 0.372. The Balaban J connectivity index is 1.74. The number of pyridine rings is 2. The van der Waals surface area contributed by atoms with Gasteiger partial charge in [-0.25, -0.2) is 13.8 Å². The molecule has 4 rings (SSSR count). The monoisotopic (exact) mass is 439 g/mol. The number of furan rings is 1. The topological polar surface area (TPSA) is 69.3 Å². The molecule has 8 heteroatoms. The summed E-state index contributed by atoms with van der Waals surface area (Å²) in [7, 11) is 1.65. The average molecular weight is 439 g/mol. The number of nitrogens with one attached hydrogen (secondary N) is 1. The molecule has 0 saturated heterocycles. The van der Waals surface area contributed by atoms with Crippen molar-refractivity contribution in [2.45, 2.75) is 26.2 Å². The van der Waals surface area contributed by atoms with Crippen LogP contribution in [0, 0.1) is 11.6 Å². The predicted octanol–water partition coefficient (Wildman–Crippen LogP) is 5.40. The maximum absolute atomic E-state index is 14.2. The number of halogens is 2. The number of unbranched alkanes of at least 4 members (excludes halogenated alkanes) is 1. The molecule has 0 spiro atoms. The van der Waals surface area contributed by atoms with Gasteiger partial charge in [0.05, 0.1) is 18.1 Å². The first kappa shape index (κ1) is 21.5. The number of nitrogens with zero attached hydrogens (tertiary/aromatic N) is 2. The van der Waals surface area contributed by atoms with Crippen molar-refractivity contribution in [1.82, 2.24) is 9.55 Å². The standard InChI is InChI=1S/C24H23F2N3O3/c1-3-4-8-27-18-11-15(10-16-14-29(2)24(30)22-19(16)7-9-31-22)23(28-13-18)32-21-6-5-17(25)12-20(21)26/h5-7,9,11-14,27H,3-4,8,10H2,1-2H3. The zero-order valence-electron chi connectivity index (χ0n) is 17.8. The molecule has 1 aromatic carbocycles. The van der Waals surface area contributed by atoms with E-state index in [1.54, 1.807) is 25.5 Å². The van der Waals surface area contributed by atoms with Crippen molar-refractivity contribution in [3.05, 3.63) is 82.1 Å². The SMILES string of the molecule is CCCCNc1cnc(Oc2ccc(F)cc2F)c(Cc2cn(C)c(=O)c3occc23)c1. The van der Waals surface area contributed by atoms with Gasteiger partial charge in [-0.2, -0.15) is 0 Å². The Morgan fingerprint density at radius 3 is 2.81 bits per heavy atom. The molecule has 0 radical (unpaired) electrons. The Kier molecular flexibility index (Phi) is 6.20. The minimum atomic E-state index is -0.817. The van der Waals surface area contributed by atoms with Crippen LogP contribution in [0.15, 0.2) is 58.2 Å². The highest BCUT2D eigenvalue weighted by molar-refractivity contribution is 5.80. The van der Waals surface area contributed by atoms with E-state index in [2.05, 4.69) is 17.2 Å². The molecular weight excluding hydrogens is 416 g/mol. The molecule has 0 fully saturated rings. The number of hydrogen-bond acceptors (Lipinski definition) is 5. The van der Waals surface area contributed by atoms with Crippen LogP contribution in [-0.4, -0.2) is 16.1 Å². The number of aromatic nitrogens is 2. The van der Waals surface area contributed by atoms with Gasteiger partial charge in [-0.15, -0.1) is 0 Å². The van der Waals surface area contributed by atoms with Gasteiger partial charge in [0.1, 0.15) is 5.82 Å². The van der Waals surface area contributed by atoms with Crippen molar-refractivity contribution in [2.24, 2.45) is 7.05 Å². The van der Waals surface area contributed by atoms with Gasteiger partial charge >= 0.3 is 0 Å². The molecule has 4 aromatic rings. The minimum absolute atomic E-state index is 0.124. The van der Waals surface area contributed by atoms with Gasteiger partial charge in [0, 0.05) is 43.2 Å². The lowest BCUT2D eigenvalue weighted by molar-refractivity contribution is 0.420. The summed E-state index contributed by atoms with van der Waals surface area (Å²) in [6.45, 7) is 2.89. The molecule has 166 valence electrons. The molecule has 1 N–H and O–H groups in total. The van der Waals surface area contributed by atoms with E-state index in [1.807, 2.05) is 6.07 Å². The second-order valence-corrected chi connectivity index (χ2v) is 7.56. The van der Waals surface area contributed by atoms with Gasteiger partial charge < -0.3 is 19.0 Å². The maximum atomic E-state index is 14.2. The highest BCUT2D eigenvalue weighted by atomic mass is 19.1. The molecule has 0 amide bonds. The van der Waals surface area contributed by atoms with Crippen LogP contribution < -0.4 is 15.6 Å². The Morgan fingerprint density at radius 2 is 2.03 bits per heavy atom. The maximum Gasteiger partial charge on any atom is 0.293 e. The van der Waals surface area contributed by atoms with E-state index < -0.39 is 11.6 Å². The zero-order valence-corrected chi connectivity index (χ0v) is 17.8. The summed E-state index contributed by atoms with van der Waals surface area (Å²) in [5, 5.41) is 4.01. The number of fused-ring (bicyclic) bond motifs is 1. The molecule has 0 unspecified atom stereocenters. The van der Waals surface area contributed by atoms with Crippen LogP contribution in [0.3, 0.4) is 0 Å². The van der Waals surface area contributed by atoms with Crippen molar-refractivity contribution < 1.29 is 17.9 Å². The van der Waals surface area contributed by atoms with E-state index >= 15 is 0 Å². The largest absolute Gasteiger partial charge is 0.459 e. The first-order chi connectivity index (χ1) is 15.5. The Morgan fingerprint density at radius 1 is 1.19 bits per heavy atom. The van der Waals surface area contributed by atoms with E-state index in [4.69, 9.17) is 9.15 Å². The van der Waals surface area contributed by atoms with Crippen LogP contribution in [0.25, 0.3) is 11.0 Å². The van der Waals surface area contributed by atoms with Crippen molar-refractivity contribution in [3.8, 4) is 11.6 Å². The third-order valence-corrected chi connectivity index (χ3v) is 5.14. The number of aryl methyl sites for hydroxylation is 1. The van der Waals surface area contributed by atoms with Gasteiger partial charge in [-0.1, -0.05) is 13.3 Å². The first-order valence-electron chi connectivity index (χ1n) is 10.4. The lowest BCUT2D eigenvalue weighted by atomic mass is 10.0. The number of rotatable bonds is 8. The molecule has 0 aliphatic carbocycles. The van der Waals surface area contributed by atoms with Crippen LogP contribution in [0.5, 0.6) is 11.6 Å². The van der Waals surface area contributed by atoms with E-state index in [0.29, 0.717) is 17.4 Å². The van der Waals surface area contributed by atoms with Gasteiger partial charge in [0.2, 0.25) is 5.88 Å². The lowest BCUT2D eigenvalue weighted by Crippen LogP contribution is -2.16. The predicted molar refractivity (Wildman–Crippen MR) is 118 cm³/mol. The normalized spacial score (nSPS) is 11.1. The summed E-state index contributed by atoms with van der Waals surface area (Å²) < 4.78 is 40.0. The fraction of sp³-hybridized carbons (Fsp3) is 0.250. The molecule has 32 heavy (non-hydrogen) atoms. The average Bonchev–Trinajstić information content (AvgIpc) is 3.26. The van der Waals surface area contributed by atoms with E-state index in [1.165, 1.54) is 16.9 Å². The van der Waals surface area contributed by atoms with Gasteiger partial charge in [0.25, 0.3) is 5.56 Å². The highest BCUT2D eigenvalue weighted by Gasteiger charge is 2.16. The molecule has 0 atom stereocenters. The lowest BCUT2D eigenvalue weighted by Gasteiger charge is -2.14. The van der Waals surface area contributed by atoms with Crippen molar-refractivity contribution in [2.75, 3.05) is 11.9 Å². The van der Waals surface area contributed by atoms with E-state index in [9.17, 15) is 13.6 Å². The second kappa shape index (κ2) is 9.21. The highest BCUT2D eigenvalue weighted by Crippen LogP contribution is 2.30.